The highest BCUT2D eigenvalue weighted by Crippen LogP contribution is 2.30. The number of aliphatic hydroxyl groups is 1. The van der Waals surface area contributed by atoms with Crippen molar-refractivity contribution in [3.8, 4) is 10.4 Å². The van der Waals surface area contributed by atoms with E-state index in [0.29, 0.717) is 37.0 Å². The van der Waals surface area contributed by atoms with Crippen molar-refractivity contribution in [3.05, 3.63) is 54.9 Å². The maximum atomic E-state index is 13.2. The highest BCUT2D eigenvalue weighted by atomic mass is 32.1. The van der Waals surface area contributed by atoms with Crippen LogP contribution < -0.4 is 16.0 Å². The normalized spacial score (nSPS) is 18.0. The minimum absolute atomic E-state index is 0.110. The second-order valence-corrected chi connectivity index (χ2v) is 8.83. The fourth-order valence-corrected chi connectivity index (χ4v) is 4.56. The van der Waals surface area contributed by atoms with Crippen LogP contribution in [-0.2, 0) is 11.3 Å². The summed E-state index contributed by atoms with van der Waals surface area (Å²) in [5.41, 5.74) is 2.53. The molecule has 5 rings (SSSR count). The Hall–Kier alpha value is -3.41. The van der Waals surface area contributed by atoms with Crippen molar-refractivity contribution in [1.29, 1.82) is 0 Å². The summed E-state index contributed by atoms with van der Waals surface area (Å²) in [6, 6.07) is 7.83. The van der Waals surface area contributed by atoms with E-state index in [1.165, 1.54) is 23.5 Å². The number of anilines is 2. The van der Waals surface area contributed by atoms with Crippen molar-refractivity contribution in [1.82, 2.24) is 30.2 Å². The summed E-state index contributed by atoms with van der Waals surface area (Å²) in [6.45, 7) is 1.43. The van der Waals surface area contributed by atoms with Crippen LogP contribution >= 0.6 is 11.3 Å². The molecule has 11 heteroatoms. The molecule has 1 aromatic carbocycles. The molecule has 2 atom stereocenters. The number of hydrogen-bond acceptors (Lipinski definition) is 8. The minimum atomic E-state index is -0.471. The van der Waals surface area contributed by atoms with Crippen LogP contribution in [0.25, 0.3) is 21.5 Å². The van der Waals surface area contributed by atoms with Gasteiger partial charge in [-0.2, -0.15) is 0 Å². The minimum Gasteiger partial charge on any atom is -0.392 e. The van der Waals surface area contributed by atoms with Gasteiger partial charge in [0, 0.05) is 31.9 Å². The summed E-state index contributed by atoms with van der Waals surface area (Å²) in [5.74, 6) is 0.238. The van der Waals surface area contributed by atoms with Crippen LogP contribution in [0, 0.1) is 5.82 Å². The number of aliphatic hydroxyl groups excluding tert-OH is 1. The molecule has 170 valence electrons. The van der Waals surface area contributed by atoms with Crippen molar-refractivity contribution in [3.63, 3.8) is 0 Å². The topological polar surface area (TPSA) is 117 Å². The third-order valence-corrected chi connectivity index (χ3v) is 6.41. The number of nitrogens with one attached hydrogen (secondary N) is 3. The number of halogens is 1. The average molecular weight is 468 g/mol. The number of hydrogen-bond donors (Lipinski definition) is 4. The zero-order chi connectivity index (χ0) is 22.8. The fourth-order valence-electron chi connectivity index (χ4n) is 3.74. The van der Waals surface area contributed by atoms with Crippen LogP contribution in [0.15, 0.2) is 49.1 Å². The molecule has 3 aromatic heterocycles. The SMILES string of the molecule is O=C(NCCn1cnc2cnc(Nc3ncc(-c4ccc(F)cc4)s3)cc21)[C@@H]1C[C@H](O)CN1. The third kappa shape index (κ3) is 4.85. The molecule has 33 heavy (non-hydrogen) atoms. The first-order valence-corrected chi connectivity index (χ1v) is 11.4. The number of nitrogens with zero attached hydrogens (tertiary/aromatic N) is 4. The van der Waals surface area contributed by atoms with E-state index < -0.39 is 6.10 Å². The first-order valence-electron chi connectivity index (χ1n) is 10.5. The molecular formula is C22H22FN7O2S. The molecule has 0 bridgehead atoms. The van der Waals surface area contributed by atoms with Crippen molar-refractivity contribution in [2.75, 3.05) is 18.4 Å². The summed E-state index contributed by atoms with van der Waals surface area (Å²) < 4.78 is 15.1. The Morgan fingerprint density at radius 1 is 1.24 bits per heavy atom. The van der Waals surface area contributed by atoms with E-state index in [2.05, 4.69) is 30.9 Å². The molecule has 1 fully saturated rings. The number of imidazole rings is 1. The van der Waals surface area contributed by atoms with Crippen molar-refractivity contribution in [2.45, 2.75) is 25.1 Å². The maximum Gasteiger partial charge on any atom is 0.237 e. The molecule has 0 radical (unpaired) electrons. The van der Waals surface area contributed by atoms with Crippen LogP contribution in [0.5, 0.6) is 0 Å². The molecule has 1 amide bonds. The Kier molecular flexibility index (Phi) is 5.99. The van der Waals surface area contributed by atoms with E-state index in [4.69, 9.17) is 0 Å². The van der Waals surface area contributed by atoms with E-state index in [-0.39, 0.29) is 17.8 Å². The number of carbonyl (C=O) groups excluding carboxylic acids is 1. The van der Waals surface area contributed by atoms with Gasteiger partial charge in [0.15, 0.2) is 5.13 Å². The Labute approximate surface area is 192 Å². The van der Waals surface area contributed by atoms with Gasteiger partial charge in [-0.3, -0.25) is 4.79 Å². The number of pyridine rings is 1. The van der Waals surface area contributed by atoms with E-state index in [9.17, 15) is 14.3 Å². The lowest BCUT2D eigenvalue weighted by molar-refractivity contribution is -0.122. The molecule has 1 aliphatic heterocycles. The van der Waals surface area contributed by atoms with Gasteiger partial charge in [-0.25, -0.2) is 19.3 Å². The summed E-state index contributed by atoms with van der Waals surface area (Å²) >= 11 is 1.45. The summed E-state index contributed by atoms with van der Waals surface area (Å²) in [7, 11) is 0. The van der Waals surface area contributed by atoms with E-state index >= 15 is 0 Å². The average Bonchev–Trinajstić information content (AvgIpc) is 3.55. The van der Waals surface area contributed by atoms with E-state index in [1.54, 1.807) is 30.9 Å². The first-order chi connectivity index (χ1) is 16.0. The molecule has 0 spiro atoms. The zero-order valence-corrected chi connectivity index (χ0v) is 18.3. The van der Waals surface area contributed by atoms with Gasteiger partial charge in [0.1, 0.15) is 17.2 Å². The molecular weight excluding hydrogens is 445 g/mol. The number of fused-ring (bicyclic) bond motifs is 1. The molecule has 4 N–H and O–H groups in total. The molecule has 9 nitrogen and oxygen atoms in total. The first kappa shape index (κ1) is 21.4. The Morgan fingerprint density at radius 2 is 2.09 bits per heavy atom. The number of carbonyl (C=O) groups is 1. The van der Waals surface area contributed by atoms with Crippen LogP contribution in [0.3, 0.4) is 0 Å². The molecule has 0 unspecified atom stereocenters. The molecule has 1 saturated heterocycles. The van der Waals surface area contributed by atoms with Crippen molar-refractivity contribution >= 4 is 39.2 Å². The molecule has 4 aromatic rings. The van der Waals surface area contributed by atoms with Crippen LogP contribution in [0.2, 0.25) is 0 Å². The Balaban J connectivity index is 1.24. The Bertz CT molecular complexity index is 1270. The number of aromatic nitrogens is 4. The summed E-state index contributed by atoms with van der Waals surface area (Å²) in [5, 5.41) is 19.3. The lowest BCUT2D eigenvalue weighted by Crippen LogP contribution is -2.41. The Morgan fingerprint density at radius 3 is 2.88 bits per heavy atom. The fraction of sp³-hybridized carbons (Fsp3) is 0.273. The quantitative estimate of drug-likeness (QED) is 0.329. The summed E-state index contributed by atoms with van der Waals surface area (Å²) in [4.78, 5) is 26.3. The van der Waals surface area contributed by atoms with E-state index in [1.807, 2.05) is 10.6 Å². The molecule has 4 heterocycles. The number of thiazole rings is 1. The molecule has 0 aliphatic carbocycles. The van der Waals surface area contributed by atoms with Gasteiger partial charge in [0.05, 0.1) is 35.1 Å². The smallest absolute Gasteiger partial charge is 0.237 e. The van der Waals surface area contributed by atoms with Gasteiger partial charge in [-0.15, -0.1) is 0 Å². The van der Waals surface area contributed by atoms with Crippen molar-refractivity contribution < 1.29 is 14.3 Å². The number of amides is 1. The number of rotatable bonds is 7. The number of benzene rings is 1. The summed E-state index contributed by atoms with van der Waals surface area (Å²) in [6.07, 6.45) is 5.10. The number of β-amino-alcohol motifs (C(OH)–C–C–N with tert-alkyl or cyclic N) is 1. The van der Waals surface area contributed by atoms with Gasteiger partial charge in [-0.1, -0.05) is 23.5 Å². The zero-order valence-electron chi connectivity index (χ0n) is 17.5. The second kappa shape index (κ2) is 9.22. The predicted molar refractivity (Wildman–Crippen MR) is 124 cm³/mol. The standard InChI is InChI=1S/C22H22FN7O2S/c23-14-3-1-13(2-4-14)19-11-27-22(33-19)29-20-8-18-17(10-26-20)28-12-30(18)6-5-24-21(32)16-7-15(31)9-25-16/h1-4,8,10-12,15-16,25,31H,5-7,9H2,(H,24,32)(H,26,27,29)/t15-,16-/m0/s1. The highest BCUT2D eigenvalue weighted by molar-refractivity contribution is 7.18. The third-order valence-electron chi connectivity index (χ3n) is 5.45. The second-order valence-electron chi connectivity index (χ2n) is 7.80. The van der Waals surface area contributed by atoms with Gasteiger partial charge >= 0.3 is 0 Å². The highest BCUT2D eigenvalue weighted by Gasteiger charge is 2.27. The van der Waals surface area contributed by atoms with Gasteiger partial charge in [-0.05, 0) is 24.1 Å². The van der Waals surface area contributed by atoms with Crippen molar-refractivity contribution in [2.24, 2.45) is 0 Å². The predicted octanol–water partition coefficient (Wildman–Crippen LogP) is 2.28. The van der Waals surface area contributed by atoms with Gasteiger partial charge < -0.3 is 25.6 Å². The lowest BCUT2D eigenvalue weighted by atomic mass is 10.2. The van der Waals surface area contributed by atoms with Gasteiger partial charge in [0.25, 0.3) is 0 Å². The maximum absolute atomic E-state index is 13.2. The van der Waals surface area contributed by atoms with Crippen LogP contribution in [0.4, 0.5) is 15.3 Å². The van der Waals surface area contributed by atoms with Gasteiger partial charge in [0.2, 0.25) is 5.91 Å². The van der Waals surface area contributed by atoms with Crippen LogP contribution in [-0.4, -0.2) is 55.8 Å². The van der Waals surface area contributed by atoms with Crippen LogP contribution in [0.1, 0.15) is 6.42 Å². The molecule has 0 saturated carbocycles. The monoisotopic (exact) mass is 467 g/mol. The van der Waals surface area contributed by atoms with E-state index in [0.717, 1.165) is 21.5 Å². The lowest BCUT2D eigenvalue weighted by Gasteiger charge is -2.11. The largest absolute Gasteiger partial charge is 0.392 e. The molecule has 1 aliphatic rings.